The Balaban J connectivity index is 1.58. The lowest BCUT2D eigenvalue weighted by molar-refractivity contribution is 0.0491. The Kier molecular flexibility index (Phi) is 6.71. The number of ether oxygens (including phenoxy) is 1. The zero-order valence-electron chi connectivity index (χ0n) is 18.3. The molecule has 1 aliphatic heterocycles. The summed E-state index contributed by atoms with van der Waals surface area (Å²) in [5.74, 6) is -0.608. The van der Waals surface area contributed by atoms with Gasteiger partial charge in [0.25, 0.3) is 5.91 Å². The monoisotopic (exact) mass is 448 g/mol. The van der Waals surface area contributed by atoms with Gasteiger partial charge >= 0.3 is 0 Å². The van der Waals surface area contributed by atoms with E-state index in [0.717, 1.165) is 38.3 Å². The molecule has 0 saturated carbocycles. The van der Waals surface area contributed by atoms with E-state index in [9.17, 15) is 17.6 Å². The van der Waals surface area contributed by atoms with Gasteiger partial charge in [0.15, 0.2) is 9.84 Å². The van der Waals surface area contributed by atoms with Gasteiger partial charge in [-0.3, -0.25) is 9.69 Å². The number of rotatable bonds is 5. The summed E-state index contributed by atoms with van der Waals surface area (Å²) in [5.41, 5.74) is 0.426. The largest absolute Gasteiger partial charge is 0.490 e. The van der Waals surface area contributed by atoms with Gasteiger partial charge in [-0.1, -0.05) is 0 Å². The van der Waals surface area contributed by atoms with Crippen LogP contribution in [0.25, 0.3) is 0 Å². The number of hydrogen-bond acceptors (Lipinski definition) is 5. The van der Waals surface area contributed by atoms with Crippen molar-refractivity contribution >= 4 is 21.4 Å². The molecule has 0 radical (unpaired) electrons. The molecule has 0 bridgehead atoms. The van der Waals surface area contributed by atoms with Gasteiger partial charge < -0.3 is 10.1 Å². The molecule has 8 heteroatoms. The number of hydrogen-bond donors (Lipinski definition) is 1. The minimum atomic E-state index is -3.52. The van der Waals surface area contributed by atoms with Gasteiger partial charge in [-0.25, -0.2) is 12.8 Å². The van der Waals surface area contributed by atoms with Gasteiger partial charge in [-0.15, -0.1) is 0 Å². The fourth-order valence-corrected chi connectivity index (χ4v) is 4.18. The number of nitrogens with one attached hydrogen (secondary N) is 1. The molecule has 0 aromatic heterocycles. The van der Waals surface area contributed by atoms with Gasteiger partial charge in [0.1, 0.15) is 17.7 Å². The number of sulfone groups is 1. The van der Waals surface area contributed by atoms with Gasteiger partial charge in [-0.05, 0) is 76.1 Å². The van der Waals surface area contributed by atoms with Crippen LogP contribution in [0.3, 0.4) is 0 Å². The summed E-state index contributed by atoms with van der Waals surface area (Å²) in [6.07, 6.45) is 3.03. The lowest BCUT2D eigenvalue weighted by Crippen LogP contribution is -2.48. The van der Waals surface area contributed by atoms with Crippen LogP contribution in [0.4, 0.5) is 10.1 Å². The van der Waals surface area contributed by atoms with Crippen LogP contribution in [-0.4, -0.2) is 50.2 Å². The molecule has 2 aromatic rings. The molecule has 1 heterocycles. The summed E-state index contributed by atoms with van der Waals surface area (Å²) in [6.45, 7) is 8.61. The van der Waals surface area contributed by atoms with Crippen molar-refractivity contribution in [1.82, 2.24) is 4.90 Å². The molecule has 0 aliphatic carbocycles. The maximum Gasteiger partial charge on any atom is 0.255 e. The van der Waals surface area contributed by atoms with Crippen molar-refractivity contribution in [2.24, 2.45) is 0 Å². The highest BCUT2D eigenvalue weighted by Crippen LogP contribution is 2.24. The second-order valence-corrected chi connectivity index (χ2v) is 10.9. The Morgan fingerprint density at radius 1 is 1.10 bits per heavy atom. The second kappa shape index (κ2) is 8.96. The molecule has 3 rings (SSSR count). The predicted octanol–water partition coefficient (Wildman–Crippen LogP) is 4.12. The summed E-state index contributed by atoms with van der Waals surface area (Å²) >= 11 is 0. The Morgan fingerprint density at radius 3 is 2.23 bits per heavy atom. The van der Waals surface area contributed by atoms with Crippen molar-refractivity contribution in [3.63, 3.8) is 0 Å². The van der Waals surface area contributed by atoms with Crippen molar-refractivity contribution in [2.75, 3.05) is 24.7 Å². The molecule has 31 heavy (non-hydrogen) atoms. The van der Waals surface area contributed by atoms with Crippen molar-refractivity contribution in [1.29, 1.82) is 0 Å². The van der Waals surface area contributed by atoms with Crippen LogP contribution in [0, 0.1) is 5.82 Å². The minimum Gasteiger partial charge on any atom is -0.490 e. The number of benzene rings is 2. The molecular weight excluding hydrogens is 419 g/mol. The van der Waals surface area contributed by atoms with E-state index in [-0.39, 0.29) is 22.2 Å². The molecule has 1 aliphatic rings. The molecule has 1 saturated heterocycles. The quantitative estimate of drug-likeness (QED) is 0.745. The Hall–Kier alpha value is -2.45. The van der Waals surface area contributed by atoms with Crippen LogP contribution < -0.4 is 10.1 Å². The van der Waals surface area contributed by atoms with Crippen LogP contribution in [-0.2, 0) is 9.84 Å². The number of halogens is 1. The maximum absolute atomic E-state index is 14.2. The van der Waals surface area contributed by atoms with Crippen LogP contribution in [0.15, 0.2) is 47.4 Å². The first kappa shape index (κ1) is 23.2. The summed E-state index contributed by atoms with van der Waals surface area (Å²) in [7, 11) is -3.52. The Morgan fingerprint density at radius 2 is 1.71 bits per heavy atom. The first-order chi connectivity index (χ1) is 14.4. The van der Waals surface area contributed by atoms with E-state index < -0.39 is 21.6 Å². The van der Waals surface area contributed by atoms with Crippen molar-refractivity contribution in [2.45, 2.75) is 50.2 Å². The molecule has 0 atom stereocenters. The minimum absolute atomic E-state index is 0.0802. The van der Waals surface area contributed by atoms with Crippen molar-refractivity contribution in [3.05, 3.63) is 53.8 Å². The highest BCUT2D eigenvalue weighted by molar-refractivity contribution is 7.90. The van der Waals surface area contributed by atoms with Crippen molar-refractivity contribution in [3.8, 4) is 5.75 Å². The molecule has 168 valence electrons. The molecular formula is C23H29FN2O4S. The van der Waals surface area contributed by atoms with Gasteiger partial charge in [0, 0.05) is 30.4 Å². The fourth-order valence-electron chi connectivity index (χ4n) is 3.54. The third-order valence-corrected chi connectivity index (χ3v) is 6.54. The Labute approximate surface area is 183 Å². The molecule has 2 aromatic carbocycles. The third-order valence-electron chi connectivity index (χ3n) is 5.43. The fraction of sp³-hybridized carbons (Fsp3) is 0.435. The van der Waals surface area contributed by atoms with Crippen LogP contribution >= 0.6 is 0 Å². The summed E-state index contributed by atoms with van der Waals surface area (Å²) in [4.78, 5) is 14.7. The molecule has 6 nitrogen and oxygen atoms in total. The van der Waals surface area contributed by atoms with Crippen LogP contribution in [0.5, 0.6) is 5.75 Å². The van der Waals surface area contributed by atoms with E-state index in [1.54, 1.807) is 24.3 Å². The second-order valence-electron chi connectivity index (χ2n) is 8.87. The van der Waals surface area contributed by atoms with Gasteiger partial charge in [0.2, 0.25) is 0 Å². The Bertz CT molecular complexity index is 1040. The number of amides is 1. The summed E-state index contributed by atoms with van der Waals surface area (Å²) < 4.78 is 43.3. The SMILES string of the molecule is CC(C)(C)N1CCC(Oc2ccc(C(=O)Nc3ccc(S(C)(=O)=O)cc3F)cc2)CC1. The van der Waals surface area contributed by atoms with E-state index in [2.05, 4.69) is 31.0 Å². The average molecular weight is 449 g/mol. The molecule has 0 unspecified atom stereocenters. The molecule has 1 fully saturated rings. The number of nitrogens with zero attached hydrogens (tertiary/aromatic N) is 1. The van der Waals surface area contributed by atoms with Gasteiger partial charge in [-0.2, -0.15) is 0 Å². The lowest BCUT2D eigenvalue weighted by Gasteiger charge is -2.40. The first-order valence-electron chi connectivity index (χ1n) is 10.3. The molecule has 1 N–H and O–H groups in total. The topological polar surface area (TPSA) is 75.7 Å². The lowest BCUT2D eigenvalue weighted by atomic mass is 9.99. The first-order valence-corrected chi connectivity index (χ1v) is 12.2. The standard InChI is InChI=1S/C23H29FN2O4S/c1-23(2,3)26-13-11-18(12-14-26)30-17-7-5-16(6-8-17)22(27)25-21-10-9-19(15-20(21)24)31(4,28)29/h5-10,15,18H,11-14H2,1-4H3,(H,25,27). The van der Waals surface area contributed by atoms with E-state index in [1.165, 1.54) is 12.1 Å². The highest BCUT2D eigenvalue weighted by Gasteiger charge is 2.27. The number of anilines is 1. The van der Waals surface area contributed by atoms with E-state index in [4.69, 9.17) is 4.74 Å². The predicted molar refractivity (Wildman–Crippen MR) is 119 cm³/mol. The zero-order chi connectivity index (χ0) is 22.8. The molecule has 0 spiro atoms. The van der Waals surface area contributed by atoms with E-state index in [0.29, 0.717) is 11.3 Å². The van der Waals surface area contributed by atoms with Gasteiger partial charge in [0.05, 0.1) is 10.6 Å². The smallest absolute Gasteiger partial charge is 0.255 e. The van der Waals surface area contributed by atoms with Crippen LogP contribution in [0.2, 0.25) is 0 Å². The van der Waals surface area contributed by atoms with Crippen molar-refractivity contribution < 1.29 is 22.3 Å². The average Bonchev–Trinajstić information content (AvgIpc) is 2.69. The molecule has 1 amide bonds. The number of likely N-dealkylation sites (tertiary alicyclic amines) is 1. The summed E-state index contributed by atoms with van der Waals surface area (Å²) in [5, 5.41) is 2.47. The summed E-state index contributed by atoms with van der Waals surface area (Å²) in [6, 6.07) is 10.1. The van der Waals surface area contributed by atoms with E-state index >= 15 is 0 Å². The number of carbonyl (C=O) groups is 1. The highest BCUT2D eigenvalue weighted by atomic mass is 32.2. The third kappa shape index (κ3) is 6.04. The zero-order valence-corrected chi connectivity index (χ0v) is 19.1. The van der Waals surface area contributed by atoms with E-state index in [1.807, 2.05) is 0 Å². The normalized spacial score (nSPS) is 16.2. The number of carbonyl (C=O) groups excluding carboxylic acids is 1. The maximum atomic E-state index is 14.2. The van der Waals surface area contributed by atoms with Crippen LogP contribution in [0.1, 0.15) is 44.0 Å². The number of piperidine rings is 1.